The van der Waals surface area contributed by atoms with Gasteiger partial charge in [0.15, 0.2) is 4.34 Å². The van der Waals surface area contributed by atoms with Gasteiger partial charge in [0.25, 0.3) is 0 Å². The molecule has 4 heteroatoms. The fourth-order valence-electron chi connectivity index (χ4n) is 0.907. The van der Waals surface area contributed by atoms with Gasteiger partial charge in [-0.1, -0.05) is 24.4 Å². The van der Waals surface area contributed by atoms with Crippen molar-refractivity contribution >= 4 is 41.5 Å². The summed E-state index contributed by atoms with van der Waals surface area (Å²) in [5, 5.41) is 0. The highest BCUT2D eigenvalue weighted by molar-refractivity contribution is 8.01. The topological polar surface area (TPSA) is 30.0 Å². The third-order valence-corrected chi connectivity index (χ3v) is 3.52. The number of thiazole rings is 1. The van der Waals surface area contributed by atoms with Gasteiger partial charge in [0, 0.05) is 0 Å². The van der Waals surface area contributed by atoms with Crippen LogP contribution >= 0.6 is 23.1 Å². The molecule has 1 aromatic heterocycles. The second-order valence-electron chi connectivity index (χ2n) is 2.41. The Morgan fingerprint density at radius 3 is 3.00 bits per heavy atom. The average molecular weight is 225 g/mol. The average Bonchev–Trinajstić information content (AvgIpc) is 2.58. The summed E-state index contributed by atoms with van der Waals surface area (Å²) in [4.78, 5) is 15.6. The first-order valence-corrected chi connectivity index (χ1v) is 5.94. The van der Waals surface area contributed by atoms with E-state index in [1.807, 2.05) is 19.1 Å². The van der Waals surface area contributed by atoms with Gasteiger partial charge in [0.1, 0.15) is 6.29 Å². The van der Waals surface area contributed by atoms with Crippen LogP contribution in [0.5, 0.6) is 0 Å². The first-order valence-electron chi connectivity index (χ1n) is 4.14. The maximum Gasteiger partial charge on any atom is 0.151 e. The van der Waals surface area contributed by atoms with Crippen molar-refractivity contribution < 1.29 is 4.79 Å². The third kappa shape index (κ3) is 2.82. The summed E-state index contributed by atoms with van der Waals surface area (Å²) >= 11 is 3.04. The van der Waals surface area contributed by atoms with Gasteiger partial charge in [0.2, 0.25) is 0 Å². The quantitative estimate of drug-likeness (QED) is 0.569. The van der Waals surface area contributed by atoms with E-state index >= 15 is 0 Å². The Kier molecular flexibility index (Phi) is 4.62. The highest BCUT2D eigenvalue weighted by Crippen LogP contribution is 2.28. The summed E-state index contributed by atoms with van der Waals surface area (Å²) in [6.45, 7) is 5.66. The summed E-state index contributed by atoms with van der Waals surface area (Å²) in [6.07, 6.45) is 6.58. The fraction of sp³-hybridized carbons (Fsp3) is 0.200. The molecule has 0 aliphatic heterocycles. The van der Waals surface area contributed by atoms with E-state index in [1.54, 1.807) is 17.4 Å². The van der Waals surface area contributed by atoms with E-state index in [0.29, 0.717) is 5.75 Å². The van der Waals surface area contributed by atoms with E-state index in [-0.39, 0.29) is 0 Å². The highest BCUT2D eigenvalue weighted by Gasteiger charge is 2.05. The van der Waals surface area contributed by atoms with Crippen LogP contribution in [-0.2, 0) is 4.79 Å². The Morgan fingerprint density at radius 1 is 1.64 bits per heavy atom. The Hall–Kier alpha value is -0.870. The lowest BCUT2D eigenvalue weighted by Gasteiger charge is -1.85. The zero-order chi connectivity index (χ0) is 10.4. The maximum atomic E-state index is 10.2. The molecule has 2 nitrogen and oxygen atoms in total. The molecule has 0 radical (unpaired) electrons. The zero-order valence-electron chi connectivity index (χ0n) is 7.90. The summed E-state index contributed by atoms with van der Waals surface area (Å²) in [7, 11) is 0. The van der Waals surface area contributed by atoms with Gasteiger partial charge >= 0.3 is 0 Å². The number of nitrogens with zero attached hydrogens (tertiary/aromatic N) is 1. The Balaban J connectivity index is 2.88. The number of aldehydes is 1. The van der Waals surface area contributed by atoms with Crippen LogP contribution in [0.4, 0.5) is 0 Å². The SMILES string of the molecule is C=Cc1nc(SCC=O)sc1/C=C\C. The largest absolute Gasteiger partial charge is 0.302 e. The molecule has 0 atom stereocenters. The maximum absolute atomic E-state index is 10.2. The van der Waals surface area contributed by atoms with Crippen LogP contribution < -0.4 is 0 Å². The minimum absolute atomic E-state index is 0.458. The van der Waals surface area contributed by atoms with Gasteiger partial charge in [-0.3, -0.25) is 0 Å². The molecule has 1 aromatic rings. The molecule has 1 rings (SSSR count). The van der Waals surface area contributed by atoms with Crippen molar-refractivity contribution in [2.45, 2.75) is 11.3 Å². The number of aromatic nitrogens is 1. The molecule has 0 bridgehead atoms. The summed E-state index contributed by atoms with van der Waals surface area (Å²) in [5.74, 6) is 0.458. The molecule has 0 fully saturated rings. The lowest BCUT2D eigenvalue weighted by molar-refractivity contribution is -0.105. The van der Waals surface area contributed by atoms with Crippen molar-refractivity contribution in [1.29, 1.82) is 0 Å². The fourth-order valence-corrected chi connectivity index (χ4v) is 2.76. The predicted molar refractivity (Wildman–Crippen MR) is 63.7 cm³/mol. The van der Waals surface area contributed by atoms with E-state index in [0.717, 1.165) is 21.2 Å². The molecule has 0 saturated carbocycles. The Bertz CT molecular complexity index is 355. The van der Waals surface area contributed by atoms with Gasteiger partial charge < -0.3 is 4.79 Å². The van der Waals surface area contributed by atoms with Crippen LogP contribution in [-0.4, -0.2) is 17.0 Å². The first-order chi connectivity index (χ1) is 6.81. The minimum Gasteiger partial charge on any atom is -0.302 e. The molecular weight excluding hydrogens is 214 g/mol. The van der Waals surface area contributed by atoms with E-state index in [9.17, 15) is 4.79 Å². The normalized spacial score (nSPS) is 10.6. The van der Waals surface area contributed by atoms with Crippen molar-refractivity contribution in [3.05, 3.63) is 23.2 Å². The van der Waals surface area contributed by atoms with Crippen molar-refractivity contribution in [2.24, 2.45) is 0 Å². The smallest absolute Gasteiger partial charge is 0.151 e. The summed E-state index contributed by atoms with van der Waals surface area (Å²) < 4.78 is 0.917. The molecule has 0 saturated heterocycles. The summed E-state index contributed by atoms with van der Waals surface area (Å²) in [5.41, 5.74) is 0.890. The van der Waals surface area contributed by atoms with Crippen LogP contribution in [0.3, 0.4) is 0 Å². The number of carbonyl (C=O) groups is 1. The molecule has 1 heterocycles. The second kappa shape index (κ2) is 5.78. The number of allylic oxidation sites excluding steroid dienone is 1. The van der Waals surface area contributed by atoms with Crippen LogP contribution in [0, 0.1) is 0 Å². The second-order valence-corrected chi connectivity index (χ2v) is 4.71. The highest BCUT2D eigenvalue weighted by atomic mass is 32.2. The molecule has 0 aliphatic rings. The Labute approximate surface area is 91.8 Å². The van der Waals surface area contributed by atoms with Crippen molar-refractivity contribution in [3.8, 4) is 0 Å². The zero-order valence-corrected chi connectivity index (χ0v) is 9.53. The number of rotatable bonds is 5. The van der Waals surface area contributed by atoms with Crippen molar-refractivity contribution in [2.75, 3.05) is 5.75 Å². The number of hydrogen-bond acceptors (Lipinski definition) is 4. The molecule has 0 amide bonds. The van der Waals surface area contributed by atoms with E-state index in [1.165, 1.54) is 11.8 Å². The first kappa shape index (κ1) is 11.2. The molecule has 74 valence electrons. The molecule has 14 heavy (non-hydrogen) atoms. The molecule has 0 N–H and O–H groups in total. The van der Waals surface area contributed by atoms with Gasteiger partial charge in [-0.2, -0.15) is 0 Å². The molecule has 0 spiro atoms. The lowest BCUT2D eigenvalue weighted by Crippen LogP contribution is -1.78. The van der Waals surface area contributed by atoms with Crippen molar-refractivity contribution in [1.82, 2.24) is 4.98 Å². The number of thioether (sulfide) groups is 1. The monoisotopic (exact) mass is 225 g/mol. The number of carbonyl (C=O) groups excluding carboxylic acids is 1. The van der Waals surface area contributed by atoms with Crippen molar-refractivity contribution in [3.63, 3.8) is 0 Å². The minimum atomic E-state index is 0.458. The van der Waals surface area contributed by atoms with Crippen LogP contribution in [0.1, 0.15) is 17.5 Å². The van der Waals surface area contributed by atoms with Gasteiger partial charge in [0.05, 0.1) is 16.3 Å². The van der Waals surface area contributed by atoms with E-state index in [4.69, 9.17) is 0 Å². The summed E-state index contributed by atoms with van der Waals surface area (Å²) in [6, 6.07) is 0. The van der Waals surface area contributed by atoms with Crippen LogP contribution in [0.15, 0.2) is 17.0 Å². The van der Waals surface area contributed by atoms with Gasteiger partial charge in [-0.25, -0.2) is 4.98 Å². The van der Waals surface area contributed by atoms with Gasteiger partial charge in [-0.15, -0.1) is 11.3 Å². The van der Waals surface area contributed by atoms with E-state index in [2.05, 4.69) is 11.6 Å². The van der Waals surface area contributed by atoms with Gasteiger partial charge in [-0.05, 0) is 19.1 Å². The molecule has 0 aliphatic carbocycles. The standard InChI is InChI=1S/C10H11NOS2/c1-3-5-9-8(4-2)11-10(14-9)13-7-6-12/h3-6H,2,7H2,1H3/b5-3-. The lowest BCUT2D eigenvalue weighted by atomic mass is 10.3. The predicted octanol–water partition coefficient (Wildman–Crippen LogP) is 3.11. The van der Waals surface area contributed by atoms with Crippen LogP contribution in [0.25, 0.3) is 12.2 Å². The molecule has 0 aromatic carbocycles. The molecule has 0 unspecified atom stereocenters. The van der Waals surface area contributed by atoms with E-state index < -0.39 is 0 Å². The molecular formula is C10H11NOS2. The Morgan fingerprint density at radius 2 is 2.43 bits per heavy atom. The number of hydrogen-bond donors (Lipinski definition) is 0. The third-order valence-electron chi connectivity index (χ3n) is 1.45. The van der Waals surface area contributed by atoms with Crippen LogP contribution in [0.2, 0.25) is 0 Å².